The second kappa shape index (κ2) is 31.3. The minimum Gasteiger partial charge on any atom is -0.399 e. The quantitative estimate of drug-likeness (QED) is 0.0359. The molecule has 336 valence electrons. The third kappa shape index (κ3) is 20.5. The highest BCUT2D eigenvalue weighted by Crippen LogP contribution is 2.34. The molecule has 2 nitrogen and oxygen atoms in total. The largest absolute Gasteiger partial charge is 0.399 e. The summed E-state index contributed by atoms with van der Waals surface area (Å²) in [5.41, 5.74) is 22.7. The first-order valence-corrected chi connectivity index (χ1v) is 25.9. The molecule has 0 aromatic heterocycles. The van der Waals surface area contributed by atoms with Crippen LogP contribution in [0.25, 0.3) is 0 Å². The SMILES string of the molecule is CCCCCCCCCCCC(c1ccc(N)cc1)c1ccc(CC(CCCCCCCC)Cc2ccc(C(CCCCCCCCCCC)c3ccc(N)cc3)cc2)cc1. The van der Waals surface area contributed by atoms with Crippen molar-refractivity contribution in [1.29, 1.82) is 0 Å². The molecule has 0 spiro atoms. The number of nitrogen functional groups attached to an aromatic ring is 2. The van der Waals surface area contributed by atoms with E-state index in [0.717, 1.165) is 24.2 Å². The molecule has 0 aliphatic carbocycles. The van der Waals surface area contributed by atoms with Crippen LogP contribution in [0.3, 0.4) is 0 Å². The van der Waals surface area contributed by atoms with Crippen LogP contribution in [0.5, 0.6) is 0 Å². The molecule has 4 aromatic carbocycles. The Balaban J connectivity index is 1.40. The molecule has 0 aliphatic heterocycles. The molecule has 0 aliphatic rings. The fourth-order valence-electron chi connectivity index (χ4n) is 9.75. The van der Waals surface area contributed by atoms with Gasteiger partial charge in [0.15, 0.2) is 0 Å². The number of nitrogens with two attached hydrogens (primary N) is 2. The highest BCUT2D eigenvalue weighted by atomic mass is 14.5. The van der Waals surface area contributed by atoms with E-state index in [0.29, 0.717) is 17.8 Å². The number of hydrogen-bond donors (Lipinski definition) is 2. The fourth-order valence-corrected chi connectivity index (χ4v) is 9.75. The van der Waals surface area contributed by atoms with Gasteiger partial charge in [-0.15, -0.1) is 0 Å². The molecule has 4 rings (SSSR count). The molecule has 2 heteroatoms. The third-order valence-corrected chi connectivity index (χ3v) is 13.6. The van der Waals surface area contributed by atoms with Crippen molar-refractivity contribution in [3.63, 3.8) is 0 Å². The van der Waals surface area contributed by atoms with Crippen molar-refractivity contribution in [2.24, 2.45) is 5.92 Å². The Hall–Kier alpha value is -3.52. The van der Waals surface area contributed by atoms with Crippen LogP contribution in [0.1, 0.15) is 239 Å². The number of anilines is 2. The lowest BCUT2D eigenvalue weighted by atomic mass is 9.83. The van der Waals surface area contributed by atoms with Crippen LogP contribution in [0.15, 0.2) is 97.1 Å². The van der Waals surface area contributed by atoms with Crippen LogP contribution in [0.2, 0.25) is 0 Å². The lowest BCUT2D eigenvalue weighted by molar-refractivity contribution is 0.445. The van der Waals surface area contributed by atoms with Crippen molar-refractivity contribution in [2.45, 2.75) is 219 Å². The van der Waals surface area contributed by atoms with Gasteiger partial charge in [0, 0.05) is 23.2 Å². The third-order valence-electron chi connectivity index (χ3n) is 13.6. The maximum Gasteiger partial charge on any atom is 0.0314 e. The summed E-state index contributed by atoms with van der Waals surface area (Å²) in [6.45, 7) is 6.92. The standard InChI is InChI=1S/C59H90N2/c1-4-7-10-13-16-18-20-23-26-29-58(54-39-43-56(60)44-40-54)52-35-31-49(32-36-52)47-51(28-25-22-15-12-9-6-3)48-50-33-37-53(38-34-50)59(55-41-45-57(61)46-42-55)30-27-24-21-19-17-14-11-8-5-2/h31-46,51,58-59H,4-30,47-48,60-61H2,1-3H3. The fraction of sp³-hybridized carbons (Fsp3) is 0.593. The zero-order valence-corrected chi connectivity index (χ0v) is 39.6. The molecule has 0 bridgehead atoms. The van der Waals surface area contributed by atoms with E-state index in [1.165, 1.54) is 207 Å². The van der Waals surface area contributed by atoms with Crippen molar-refractivity contribution >= 4 is 11.4 Å². The van der Waals surface area contributed by atoms with E-state index in [-0.39, 0.29) is 0 Å². The van der Waals surface area contributed by atoms with Crippen molar-refractivity contribution in [3.8, 4) is 0 Å². The lowest BCUT2D eigenvalue weighted by Crippen LogP contribution is -2.10. The summed E-state index contributed by atoms with van der Waals surface area (Å²) in [4.78, 5) is 0. The molecule has 0 radical (unpaired) electrons. The van der Waals surface area contributed by atoms with Gasteiger partial charge in [-0.05, 0) is 95.7 Å². The van der Waals surface area contributed by atoms with Gasteiger partial charge in [0.25, 0.3) is 0 Å². The van der Waals surface area contributed by atoms with Gasteiger partial charge < -0.3 is 11.5 Å². The molecule has 0 saturated heterocycles. The minimum atomic E-state index is 0.425. The van der Waals surface area contributed by atoms with Gasteiger partial charge >= 0.3 is 0 Å². The summed E-state index contributed by atoms with van der Waals surface area (Å²) >= 11 is 0. The van der Waals surface area contributed by atoms with E-state index in [4.69, 9.17) is 11.5 Å². The molecular weight excluding hydrogens is 737 g/mol. The van der Waals surface area contributed by atoms with Crippen molar-refractivity contribution in [2.75, 3.05) is 11.5 Å². The van der Waals surface area contributed by atoms with Gasteiger partial charge in [-0.25, -0.2) is 0 Å². The van der Waals surface area contributed by atoms with Crippen LogP contribution in [-0.2, 0) is 12.8 Å². The highest BCUT2D eigenvalue weighted by molar-refractivity contribution is 5.44. The Kier molecular flexibility index (Phi) is 25.8. The molecule has 0 heterocycles. The predicted octanol–water partition coefficient (Wildman–Crippen LogP) is 18.1. The average Bonchev–Trinajstić information content (AvgIpc) is 3.28. The van der Waals surface area contributed by atoms with Crippen molar-refractivity contribution < 1.29 is 0 Å². The smallest absolute Gasteiger partial charge is 0.0314 e. The van der Waals surface area contributed by atoms with Gasteiger partial charge in [-0.1, -0.05) is 248 Å². The average molecular weight is 827 g/mol. The van der Waals surface area contributed by atoms with E-state index < -0.39 is 0 Å². The number of benzene rings is 4. The monoisotopic (exact) mass is 827 g/mol. The van der Waals surface area contributed by atoms with Crippen LogP contribution >= 0.6 is 0 Å². The Morgan fingerprint density at radius 2 is 0.541 bits per heavy atom. The molecule has 0 amide bonds. The van der Waals surface area contributed by atoms with Crippen LogP contribution in [0.4, 0.5) is 11.4 Å². The normalized spacial score (nSPS) is 13.0. The Labute approximate surface area is 376 Å². The van der Waals surface area contributed by atoms with Gasteiger partial charge in [-0.3, -0.25) is 0 Å². The van der Waals surface area contributed by atoms with Crippen LogP contribution in [-0.4, -0.2) is 0 Å². The maximum atomic E-state index is 6.14. The number of hydrogen-bond acceptors (Lipinski definition) is 2. The Morgan fingerprint density at radius 1 is 0.295 bits per heavy atom. The molecule has 4 N–H and O–H groups in total. The van der Waals surface area contributed by atoms with Gasteiger partial charge in [0.1, 0.15) is 0 Å². The first-order valence-electron chi connectivity index (χ1n) is 25.9. The van der Waals surface area contributed by atoms with Gasteiger partial charge in [-0.2, -0.15) is 0 Å². The van der Waals surface area contributed by atoms with Gasteiger partial charge in [0.2, 0.25) is 0 Å². The maximum absolute atomic E-state index is 6.14. The van der Waals surface area contributed by atoms with E-state index in [1.807, 2.05) is 0 Å². The van der Waals surface area contributed by atoms with Crippen LogP contribution in [0, 0.1) is 5.92 Å². The summed E-state index contributed by atoms with van der Waals surface area (Å²) < 4.78 is 0. The summed E-state index contributed by atoms with van der Waals surface area (Å²) in [7, 11) is 0. The molecular formula is C59H90N2. The first kappa shape index (κ1) is 50.1. The second-order valence-electron chi connectivity index (χ2n) is 19.0. The minimum absolute atomic E-state index is 0.425. The van der Waals surface area contributed by atoms with E-state index >= 15 is 0 Å². The second-order valence-corrected chi connectivity index (χ2v) is 19.0. The van der Waals surface area contributed by atoms with Gasteiger partial charge in [0.05, 0.1) is 0 Å². The molecule has 0 saturated carbocycles. The number of unbranched alkanes of at least 4 members (excludes halogenated alkanes) is 21. The Morgan fingerprint density at radius 3 is 0.836 bits per heavy atom. The zero-order valence-electron chi connectivity index (χ0n) is 39.6. The highest BCUT2D eigenvalue weighted by Gasteiger charge is 2.18. The van der Waals surface area contributed by atoms with E-state index in [9.17, 15) is 0 Å². The summed E-state index contributed by atoms with van der Waals surface area (Å²) in [5.74, 6) is 1.50. The molecule has 2 atom stereocenters. The summed E-state index contributed by atoms with van der Waals surface area (Å²) in [5, 5.41) is 0. The molecule has 61 heavy (non-hydrogen) atoms. The summed E-state index contributed by atoms with van der Waals surface area (Å²) in [6.07, 6.45) is 38.7. The predicted molar refractivity (Wildman–Crippen MR) is 271 cm³/mol. The van der Waals surface area contributed by atoms with Crippen molar-refractivity contribution in [3.05, 3.63) is 130 Å². The zero-order chi connectivity index (χ0) is 43.2. The molecule has 2 unspecified atom stereocenters. The topological polar surface area (TPSA) is 52.0 Å². The number of rotatable bonds is 35. The van der Waals surface area contributed by atoms with Crippen molar-refractivity contribution in [1.82, 2.24) is 0 Å². The lowest BCUT2D eigenvalue weighted by Gasteiger charge is -2.21. The Bertz CT molecular complexity index is 1500. The van der Waals surface area contributed by atoms with E-state index in [1.54, 1.807) is 0 Å². The summed E-state index contributed by atoms with van der Waals surface area (Å²) in [6, 6.07) is 37.0. The van der Waals surface area contributed by atoms with E-state index in [2.05, 4.69) is 118 Å². The molecule has 0 fully saturated rings. The van der Waals surface area contributed by atoms with Crippen LogP contribution < -0.4 is 11.5 Å². The first-order chi connectivity index (χ1) is 30.0. The molecule has 4 aromatic rings.